The molecule has 10 nitrogen and oxygen atoms in total. The van der Waals surface area contributed by atoms with Gasteiger partial charge in [-0.1, -0.05) is 12.1 Å². The highest BCUT2D eigenvalue weighted by molar-refractivity contribution is 6.31. The normalized spacial score (nSPS) is 25.7. The van der Waals surface area contributed by atoms with E-state index in [-0.39, 0.29) is 40.0 Å². The van der Waals surface area contributed by atoms with Crippen LogP contribution in [0.25, 0.3) is 0 Å². The lowest BCUT2D eigenvalue weighted by Gasteiger charge is -2.44. The monoisotopic (exact) mass is 540 g/mol. The van der Waals surface area contributed by atoms with Gasteiger partial charge in [0, 0.05) is 17.0 Å². The highest BCUT2D eigenvalue weighted by Gasteiger charge is 2.63. The van der Waals surface area contributed by atoms with Gasteiger partial charge in [0.05, 0.1) is 22.1 Å². The van der Waals surface area contributed by atoms with E-state index in [1.165, 1.54) is 18.2 Å². The molecule has 0 unspecified atom stereocenters. The number of cyclic esters (lactones) is 1. The van der Waals surface area contributed by atoms with Crippen molar-refractivity contribution in [3.8, 4) is 23.0 Å². The van der Waals surface area contributed by atoms with Gasteiger partial charge in [-0.25, -0.2) is 4.79 Å². The maximum absolute atomic E-state index is 13.9. The summed E-state index contributed by atoms with van der Waals surface area (Å²) >= 11 is 0. The minimum atomic E-state index is -1.72. The van der Waals surface area contributed by atoms with E-state index in [4.69, 9.17) is 4.74 Å². The van der Waals surface area contributed by atoms with Crippen molar-refractivity contribution in [2.75, 3.05) is 0 Å². The summed E-state index contributed by atoms with van der Waals surface area (Å²) in [4.78, 5) is 53.3. The zero-order valence-corrected chi connectivity index (χ0v) is 20.8. The van der Waals surface area contributed by atoms with Gasteiger partial charge < -0.3 is 30.3 Å². The molecule has 0 saturated carbocycles. The van der Waals surface area contributed by atoms with Crippen LogP contribution in [0, 0.1) is 12.3 Å². The number of ether oxygens (including phenoxy) is 1. The third-order valence-corrected chi connectivity index (χ3v) is 8.61. The van der Waals surface area contributed by atoms with Crippen molar-refractivity contribution in [1.29, 1.82) is 0 Å². The molecule has 3 aromatic rings. The lowest BCUT2D eigenvalue weighted by molar-refractivity contribution is -0.140. The standard InChI is InChI=1S/C30H20O10/c1-10-6-12-20(17(34)7-10)29(39)40-28(12)30-9-11-8-18(35)23-24(19(11)13(30)2-3-16(33)27(30)38)26(37)22-15(32)5-4-14(31)21(22)25(23)36/h2-8,13,27-28,31-32,34-35,38H,9H2,1H3/t13-,27-,28+,30-/m1/s1. The molecule has 0 aromatic heterocycles. The van der Waals surface area contributed by atoms with Crippen molar-refractivity contribution in [3.63, 3.8) is 0 Å². The number of phenolic OH excluding ortho intramolecular Hbond substituents is 4. The maximum Gasteiger partial charge on any atom is 0.342 e. The second-order valence-corrected chi connectivity index (χ2v) is 10.7. The largest absolute Gasteiger partial charge is 0.507 e. The fraction of sp³-hybridized carbons (Fsp3) is 0.200. The Balaban J connectivity index is 1.51. The zero-order valence-electron chi connectivity index (χ0n) is 20.8. The lowest BCUT2D eigenvalue weighted by Crippen LogP contribution is -2.49. The number of carbonyl (C=O) groups is 4. The average molecular weight is 540 g/mol. The van der Waals surface area contributed by atoms with Crippen LogP contribution in [0.5, 0.6) is 23.0 Å². The molecule has 10 heteroatoms. The van der Waals surface area contributed by atoms with Crippen molar-refractivity contribution in [2.24, 2.45) is 5.41 Å². The second kappa shape index (κ2) is 7.57. The van der Waals surface area contributed by atoms with E-state index in [0.717, 1.165) is 18.2 Å². The van der Waals surface area contributed by atoms with Crippen molar-refractivity contribution in [2.45, 2.75) is 31.5 Å². The number of aromatic hydroxyl groups is 4. The lowest BCUT2D eigenvalue weighted by atomic mass is 9.62. The first-order valence-corrected chi connectivity index (χ1v) is 12.4. The van der Waals surface area contributed by atoms with E-state index in [2.05, 4.69) is 0 Å². The number of aryl methyl sites for hydroxylation is 1. The number of aliphatic hydroxyl groups is 1. The summed E-state index contributed by atoms with van der Waals surface area (Å²) in [7, 11) is 0. The predicted molar refractivity (Wildman–Crippen MR) is 135 cm³/mol. The van der Waals surface area contributed by atoms with Gasteiger partial charge in [0.2, 0.25) is 5.78 Å². The molecule has 0 radical (unpaired) electrons. The summed E-state index contributed by atoms with van der Waals surface area (Å²) in [5.41, 5.74) is -1.79. The topological polar surface area (TPSA) is 179 Å². The van der Waals surface area contributed by atoms with E-state index in [0.29, 0.717) is 11.1 Å². The van der Waals surface area contributed by atoms with Crippen LogP contribution < -0.4 is 0 Å². The minimum Gasteiger partial charge on any atom is -0.507 e. The molecule has 4 atom stereocenters. The van der Waals surface area contributed by atoms with Crippen LogP contribution in [-0.2, 0) is 16.0 Å². The zero-order chi connectivity index (χ0) is 28.4. The molecular weight excluding hydrogens is 520 g/mol. The molecule has 7 rings (SSSR count). The van der Waals surface area contributed by atoms with Gasteiger partial charge >= 0.3 is 5.97 Å². The fourth-order valence-corrected chi connectivity index (χ4v) is 7.05. The van der Waals surface area contributed by atoms with E-state index in [1.54, 1.807) is 13.0 Å². The maximum atomic E-state index is 13.9. The molecule has 200 valence electrons. The summed E-state index contributed by atoms with van der Waals surface area (Å²) < 4.78 is 5.74. The number of aliphatic hydroxyl groups excluding tert-OH is 1. The number of fused-ring (bicyclic) bond motifs is 7. The molecule has 0 fully saturated rings. The number of hydrogen-bond donors (Lipinski definition) is 5. The predicted octanol–water partition coefficient (Wildman–Crippen LogP) is 2.63. The molecule has 5 N–H and O–H groups in total. The molecule has 0 saturated heterocycles. The summed E-state index contributed by atoms with van der Waals surface area (Å²) in [6.07, 6.45) is -0.482. The quantitative estimate of drug-likeness (QED) is 0.178. The molecule has 3 aromatic carbocycles. The van der Waals surface area contributed by atoms with Crippen molar-refractivity contribution in [3.05, 3.63) is 92.6 Å². The van der Waals surface area contributed by atoms with Gasteiger partial charge in [0.25, 0.3) is 0 Å². The summed E-state index contributed by atoms with van der Waals surface area (Å²) in [6, 6.07) is 6.41. The number of rotatable bonds is 1. The van der Waals surface area contributed by atoms with Crippen LogP contribution in [-0.4, -0.2) is 55.0 Å². The number of benzene rings is 3. The number of ketones is 3. The highest BCUT2D eigenvalue weighted by atomic mass is 16.6. The molecule has 1 aliphatic heterocycles. The summed E-state index contributed by atoms with van der Waals surface area (Å²) in [6.45, 7) is 1.69. The third kappa shape index (κ3) is 2.70. The number of carbonyl (C=O) groups excluding carboxylic acids is 4. The first-order chi connectivity index (χ1) is 19.0. The first kappa shape index (κ1) is 24.1. The summed E-state index contributed by atoms with van der Waals surface area (Å²) in [5, 5.41) is 53.8. The summed E-state index contributed by atoms with van der Waals surface area (Å²) in [5.74, 6) is -6.17. The van der Waals surface area contributed by atoms with Gasteiger partial charge in [-0.2, -0.15) is 0 Å². The van der Waals surface area contributed by atoms with Gasteiger partial charge in [0.1, 0.15) is 40.8 Å². The number of phenols is 4. The van der Waals surface area contributed by atoms with E-state index in [1.807, 2.05) is 0 Å². The Kier molecular flexibility index (Phi) is 4.57. The van der Waals surface area contributed by atoms with Crippen molar-refractivity contribution >= 4 is 23.3 Å². The van der Waals surface area contributed by atoms with Gasteiger partial charge in [-0.15, -0.1) is 0 Å². The van der Waals surface area contributed by atoms with Crippen LogP contribution in [0.1, 0.15) is 76.5 Å². The Morgan fingerprint density at radius 3 is 2.08 bits per heavy atom. The molecule has 0 spiro atoms. The second-order valence-electron chi connectivity index (χ2n) is 10.7. The van der Waals surface area contributed by atoms with Gasteiger partial charge in [-0.3, -0.25) is 14.4 Å². The van der Waals surface area contributed by atoms with Crippen molar-refractivity contribution < 1.29 is 49.4 Å². The van der Waals surface area contributed by atoms with Crippen LogP contribution in [0.3, 0.4) is 0 Å². The fourth-order valence-electron chi connectivity index (χ4n) is 7.05. The number of allylic oxidation sites excluding steroid dienone is 1. The van der Waals surface area contributed by atoms with E-state index in [9.17, 15) is 44.7 Å². The molecule has 1 heterocycles. The van der Waals surface area contributed by atoms with E-state index >= 15 is 0 Å². The smallest absolute Gasteiger partial charge is 0.342 e. The number of esters is 1. The molecule has 3 aliphatic carbocycles. The minimum absolute atomic E-state index is 0.0978. The average Bonchev–Trinajstić information content (AvgIpc) is 3.41. The Bertz CT molecular complexity index is 1820. The Morgan fingerprint density at radius 2 is 1.40 bits per heavy atom. The van der Waals surface area contributed by atoms with Crippen LogP contribution >= 0.6 is 0 Å². The SMILES string of the molecule is Cc1cc(O)c2c(c1)[C@@H]([C@]13Cc4cc(O)c5c(c4[C@H]1C=CC(=O)[C@H]3O)C(=O)c1c(O)ccc(O)c1C5=O)OC2=O. The third-order valence-electron chi connectivity index (χ3n) is 8.61. The molecular formula is C30H20O10. The van der Waals surface area contributed by atoms with E-state index < -0.39 is 75.2 Å². The molecule has 40 heavy (non-hydrogen) atoms. The Labute approximate surface area is 225 Å². The highest BCUT2D eigenvalue weighted by Crippen LogP contribution is 2.64. The first-order valence-electron chi connectivity index (χ1n) is 12.4. The van der Waals surface area contributed by atoms with Crippen LogP contribution in [0.15, 0.2) is 42.5 Å². The Hall–Kier alpha value is -4.96. The van der Waals surface area contributed by atoms with Gasteiger partial charge in [-0.05, 0) is 60.4 Å². The van der Waals surface area contributed by atoms with Gasteiger partial charge in [0.15, 0.2) is 11.6 Å². The van der Waals surface area contributed by atoms with Crippen LogP contribution in [0.4, 0.5) is 0 Å². The van der Waals surface area contributed by atoms with Crippen molar-refractivity contribution in [1.82, 2.24) is 0 Å². The number of hydrogen-bond acceptors (Lipinski definition) is 10. The molecule has 0 amide bonds. The Morgan fingerprint density at radius 1 is 0.800 bits per heavy atom. The van der Waals surface area contributed by atoms with Crippen LogP contribution in [0.2, 0.25) is 0 Å². The molecule has 0 bridgehead atoms. The molecule has 4 aliphatic rings.